The lowest BCUT2D eigenvalue weighted by Crippen LogP contribution is -2.20. The average molecular weight is 317 g/mol. The van der Waals surface area contributed by atoms with Crippen molar-refractivity contribution in [2.24, 2.45) is 0 Å². The first kappa shape index (κ1) is 15.8. The molecule has 1 amide bonds. The van der Waals surface area contributed by atoms with Gasteiger partial charge in [0, 0.05) is 12.1 Å². The van der Waals surface area contributed by atoms with Gasteiger partial charge in [-0.05, 0) is 29.3 Å². The second kappa shape index (κ2) is 7.97. The summed E-state index contributed by atoms with van der Waals surface area (Å²) < 4.78 is 5.73. The third-order valence-corrected chi connectivity index (χ3v) is 3.63. The molecule has 0 fully saturated rings. The number of hydrogen-bond acceptors (Lipinski definition) is 2. The minimum atomic E-state index is -0.171. The van der Waals surface area contributed by atoms with Gasteiger partial charge in [-0.15, -0.1) is 0 Å². The summed E-state index contributed by atoms with van der Waals surface area (Å²) >= 11 is 0. The van der Waals surface area contributed by atoms with Gasteiger partial charge < -0.3 is 10.1 Å². The maximum absolute atomic E-state index is 12.0. The SMILES string of the molecule is O=C(COc1ccccc1Cc1ccccc1)Nc1ccccc1. The molecule has 0 atom stereocenters. The van der Waals surface area contributed by atoms with Gasteiger partial charge in [-0.2, -0.15) is 0 Å². The first-order valence-corrected chi connectivity index (χ1v) is 7.91. The lowest BCUT2D eigenvalue weighted by Gasteiger charge is -2.12. The van der Waals surface area contributed by atoms with E-state index < -0.39 is 0 Å². The van der Waals surface area contributed by atoms with Crippen LogP contribution < -0.4 is 10.1 Å². The van der Waals surface area contributed by atoms with Crippen LogP contribution in [0.5, 0.6) is 5.75 Å². The Morgan fingerprint density at radius 2 is 1.42 bits per heavy atom. The maximum atomic E-state index is 12.0. The molecule has 0 saturated heterocycles. The van der Waals surface area contributed by atoms with E-state index in [1.165, 1.54) is 5.56 Å². The molecular formula is C21H19NO2. The zero-order chi connectivity index (χ0) is 16.6. The fourth-order valence-corrected chi connectivity index (χ4v) is 2.47. The Kier molecular flexibility index (Phi) is 5.25. The quantitative estimate of drug-likeness (QED) is 0.736. The highest BCUT2D eigenvalue weighted by Crippen LogP contribution is 2.21. The molecule has 3 aromatic carbocycles. The number of amides is 1. The third-order valence-electron chi connectivity index (χ3n) is 3.63. The average Bonchev–Trinajstić information content (AvgIpc) is 2.63. The summed E-state index contributed by atoms with van der Waals surface area (Å²) in [5.41, 5.74) is 3.04. The molecule has 0 aliphatic heterocycles. The van der Waals surface area contributed by atoms with E-state index in [2.05, 4.69) is 17.4 Å². The number of carbonyl (C=O) groups excluding carboxylic acids is 1. The first-order chi connectivity index (χ1) is 11.8. The Labute approximate surface area is 141 Å². The van der Waals surface area contributed by atoms with Crippen LogP contribution in [0.3, 0.4) is 0 Å². The molecule has 1 N–H and O–H groups in total. The van der Waals surface area contributed by atoms with Gasteiger partial charge in [0.05, 0.1) is 0 Å². The number of hydrogen-bond donors (Lipinski definition) is 1. The van der Waals surface area contributed by atoms with Crippen molar-refractivity contribution in [3.8, 4) is 5.75 Å². The highest BCUT2D eigenvalue weighted by molar-refractivity contribution is 5.91. The molecule has 0 unspecified atom stereocenters. The number of anilines is 1. The molecule has 0 radical (unpaired) electrons. The van der Waals surface area contributed by atoms with E-state index in [4.69, 9.17) is 4.74 Å². The van der Waals surface area contributed by atoms with Gasteiger partial charge in [-0.3, -0.25) is 4.79 Å². The molecule has 3 aromatic rings. The second-order valence-electron chi connectivity index (χ2n) is 5.47. The van der Waals surface area contributed by atoms with Crippen LogP contribution in [0.1, 0.15) is 11.1 Å². The van der Waals surface area contributed by atoms with E-state index >= 15 is 0 Å². The summed E-state index contributed by atoms with van der Waals surface area (Å²) in [5.74, 6) is 0.570. The highest BCUT2D eigenvalue weighted by Gasteiger charge is 2.07. The van der Waals surface area contributed by atoms with Crippen molar-refractivity contribution in [1.29, 1.82) is 0 Å². The summed E-state index contributed by atoms with van der Waals surface area (Å²) in [4.78, 5) is 12.0. The maximum Gasteiger partial charge on any atom is 0.262 e. The summed E-state index contributed by atoms with van der Waals surface area (Å²) in [5, 5.41) is 2.82. The van der Waals surface area contributed by atoms with Crippen LogP contribution in [0.2, 0.25) is 0 Å². The zero-order valence-electron chi connectivity index (χ0n) is 13.3. The number of rotatable bonds is 6. The summed E-state index contributed by atoms with van der Waals surface area (Å²) in [6, 6.07) is 27.4. The topological polar surface area (TPSA) is 38.3 Å². The van der Waals surface area contributed by atoms with Gasteiger partial charge in [-0.1, -0.05) is 66.7 Å². The van der Waals surface area contributed by atoms with Crippen LogP contribution in [-0.2, 0) is 11.2 Å². The van der Waals surface area contributed by atoms with Gasteiger partial charge in [0.1, 0.15) is 5.75 Å². The van der Waals surface area contributed by atoms with Crippen LogP contribution in [0.4, 0.5) is 5.69 Å². The molecule has 120 valence electrons. The highest BCUT2D eigenvalue weighted by atomic mass is 16.5. The van der Waals surface area contributed by atoms with Gasteiger partial charge >= 0.3 is 0 Å². The Hall–Kier alpha value is -3.07. The van der Waals surface area contributed by atoms with E-state index in [0.29, 0.717) is 0 Å². The monoisotopic (exact) mass is 317 g/mol. The fraction of sp³-hybridized carbons (Fsp3) is 0.0952. The summed E-state index contributed by atoms with van der Waals surface area (Å²) in [6.07, 6.45) is 0.775. The van der Waals surface area contributed by atoms with E-state index in [-0.39, 0.29) is 12.5 Å². The Morgan fingerprint density at radius 3 is 2.17 bits per heavy atom. The summed E-state index contributed by atoms with van der Waals surface area (Å²) in [6.45, 7) is -0.0132. The van der Waals surface area contributed by atoms with Crippen molar-refractivity contribution in [1.82, 2.24) is 0 Å². The molecule has 3 heteroatoms. The standard InChI is InChI=1S/C21H19NO2/c23-21(22-19-12-5-2-6-13-19)16-24-20-14-8-7-11-18(20)15-17-9-3-1-4-10-17/h1-14H,15-16H2,(H,22,23). The van der Waals surface area contributed by atoms with Gasteiger partial charge in [0.25, 0.3) is 5.91 Å². The van der Waals surface area contributed by atoms with Crippen LogP contribution in [0.25, 0.3) is 0 Å². The van der Waals surface area contributed by atoms with E-state index in [1.54, 1.807) is 0 Å². The predicted molar refractivity (Wildman–Crippen MR) is 96.3 cm³/mol. The summed E-state index contributed by atoms with van der Waals surface area (Å²) in [7, 11) is 0. The molecule has 0 saturated carbocycles. The molecule has 0 heterocycles. The van der Waals surface area contributed by atoms with Gasteiger partial charge in [-0.25, -0.2) is 0 Å². The zero-order valence-corrected chi connectivity index (χ0v) is 13.3. The largest absolute Gasteiger partial charge is 0.483 e. The predicted octanol–water partition coefficient (Wildman–Crippen LogP) is 4.29. The molecule has 0 bridgehead atoms. The molecule has 0 aliphatic carbocycles. The normalized spacial score (nSPS) is 10.2. The smallest absolute Gasteiger partial charge is 0.262 e. The minimum absolute atomic E-state index is 0.0132. The number of benzene rings is 3. The van der Waals surface area contributed by atoms with E-state index in [9.17, 15) is 4.79 Å². The van der Waals surface area contributed by atoms with Crippen molar-refractivity contribution in [2.45, 2.75) is 6.42 Å². The van der Waals surface area contributed by atoms with Crippen molar-refractivity contribution < 1.29 is 9.53 Å². The molecule has 0 aromatic heterocycles. The number of carbonyl (C=O) groups is 1. The van der Waals surface area contributed by atoms with Crippen molar-refractivity contribution in [3.63, 3.8) is 0 Å². The molecule has 0 aliphatic rings. The Bertz CT molecular complexity index is 785. The lowest BCUT2D eigenvalue weighted by atomic mass is 10.0. The van der Waals surface area contributed by atoms with Crippen LogP contribution in [-0.4, -0.2) is 12.5 Å². The second-order valence-corrected chi connectivity index (χ2v) is 5.47. The van der Waals surface area contributed by atoms with Crippen molar-refractivity contribution >= 4 is 11.6 Å². The Balaban J connectivity index is 1.62. The van der Waals surface area contributed by atoms with Crippen molar-refractivity contribution in [2.75, 3.05) is 11.9 Å². The molecule has 3 nitrogen and oxygen atoms in total. The lowest BCUT2D eigenvalue weighted by molar-refractivity contribution is -0.118. The first-order valence-electron chi connectivity index (χ1n) is 7.91. The number of ether oxygens (including phenoxy) is 1. The van der Waals surface area contributed by atoms with Crippen molar-refractivity contribution in [3.05, 3.63) is 96.1 Å². The van der Waals surface area contributed by atoms with Crippen LogP contribution >= 0.6 is 0 Å². The molecule has 24 heavy (non-hydrogen) atoms. The molecule has 3 rings (SSSR count). The Morgan fingerprint density at radius 1 is 0.792 bits per heavy atom. The van der Waals surface area contributed by atoms with Crippen LogP contribution in [0, 0.1) is 0 Å². The molecular weight excluding hydrogens is 298 g/mol. The van der Waals surface area contributed by atoms with E-state index in [1.807, 2.05) is 72.8 Å². The van der Waals surface area contributed by atoms with Crippen LogP contribution in [0.15, 0.2) is 84.9 Å². The van der Waals surface area contributed by atoms with E-state index in [0.717, 1.165) is 23.4 Å². The number of nitrogens with one attached hydrogen (secondary N) is 1. The number of para-hydroxylation sites is 2. The molecule has 0 spiro atoms. The fourth-order valence-electron chi connectivity index (χ4n) is 2.47. The minimum Gasteiger partial charge on any atom is -0.483 e. The third kappa shape index (κ3) is 4.46. The van der Waals surface area contributed by atoms with Gasteiger partial charge in [0.15, 0.2) is 6.61 Å². The van der Waals surface area contributed by atoms with Gasteiger partial charge in [0.2, 0.25) is 0 Å².